The maximum atomic E-state index is 17.8. The molecule has 0 spiro atoms. The lowest BCUT2D eigenvalue weighted by atomic mass is 9.88. The Morgan fingerprint density at radius 2 is 0.773 bits per heavy atom. The Morgan fingerprint density at radius 1 is 0.386 bits per heavy atom. The molecule has 0 aliphatic rings. The molecule has 8 rings (SSSR count). The number of ether oxygens (including phenoxy) is 1. The van der Waals surface area contributed by atoms with Gasteiger partial charge < -0.3 is 4.74 Å². The van der Waals surface area contributed by atoms with Crippen LogP contribution in [0.1, 0.15) is 279 Å². The molecule has 2 aromatic carbocycles. The van der Waals surface area contributed by atoms with Gasteiger partial charge in [-0.25, -0.2) is 8.78 Å². The summed E-state index contributed by atoms with van der Waals surface area (Å²) in [6.45, 7) is 18.5. The predicted octanol–water partition coefficient (Wildman–Crippen LogP) is 27.5. The van der Waals surface area contributed by atoms with Crippen molar-refractivity contribution in [2.24, 2.45) is 11.8 Å². The van der Waals surface area contributed by atoms with Gasteiger partial charge in [0.2, 0.25) is 0 Å². The van der Waals surface area contributed by atoms with Crippen molar-refractivity contribution < 1.29 is 13.5 Å². The van der Waals surface area contributed by atoms with Gasteiger partial charge in [-0.2, -0.15) is 17.5 Å². The Morgan fingerprint density at radius 3 is 1.24 bits per heavy atom. The van der Waals surface area contributed by atoms with Gasteiger partial charge in [0.25, 0.3) is 0 Å². The van der Waals surface area contributed by atoms with Crippen LogP contribution in [0.2, 0.25) is 0 Å². The highest BCUT2D eigenvalue weighted by molar-refractivity contribution is 7.25. The number of benzene rings is 2. The van der Waals surface area contributed by atoms with Crippen molar-refractivity contribution in [1.82, 2.24) is 17.5 Å². The number of nitrogens with zero attached hydrogens (tertiary/aromatic N) is 4. The average molecular weight is 1310 g/mol. The summed E-state index contributed by atoms with van der Waals surface area (Å²) in [7, 11) is 0. The van der Waals surface area contributed by atoms with E-state index in [1.807, 2.05) is 0 Å². The zero-order chi connectivity index (χ0) is 62.0. The minimum Gasteiger partial charge on any atom is -0.493 e. The fourth-order valence-corrected chi connectivity index (χ4v) is 18.9. The predicted molar refractivity (Wildman–Crippen MR) is 386 cm³/mol. The third-order valence-electron chi connectivity index (χ3n) is 18.5. The van der Waals surface area contributed by atoms with Crippen LogP contribution in [0.4, 0.5) is 8.78 Å². The van der Waals surface area contributed by atoms with E-state index in [9.17, 15) is 0 Å². The number of hydrogen-bond donors (Lipinski definition) is 0. The summed E-state index contributed by atoms with van der Waals surface area (Å²) in [5.74, 6) is 0.298. The number of unbranched alkanes of at least 4 members (excludes halogenated alkanes) is 25. The number of halogens is 2. The third-order valence-corrected chi connectivity index (χ3v) is 24.2. The highest BCUT2D eigenvalue weighted by Gasteiger charge is 2.31. The number of fused-ring (bicyclic) bond motifs is 2. The Labute approximate surface area is 554 Å². The molecule has 0 aliphatic heterocycles. The molecule has 8 aromatic rings. The number of hydrogen-bond acceptors (Lipinski definition) is 11. The standard InChI is InChI=1S/C75H106F2N4OS6/c1-9-14-19-23-27-29-33-37-40-55(39-35-31-25-21-16-11-3)48-57-50-62(84-54(57)8)65-68(76)69(77)66(72-71(65)79-88-80-72)63-51-58(49-56(41-36-32-26-22-17-12-4)42-38-34-30-28-24-20-15-10-2)75(86-63)61-46-45-60(85-61)67-73-70(78-87-81-73)64(59-44-43-52(6)83-59)53(7)74(67)82-47-18-13-5/h43-46,50-51,55-56H,9-42,47-49H2,1-8H3. The summed E-state index contributed by atoms with van der Waals surface area (Å²) in [5.41, 5.74) is 8.86. The lowest BCUT2D eigenvalue weighted by Gasteiger charge is -2.18. The van der Waals surface area contributed by atoms with Crippen LogP contribution < -0.4 is 4.74 Å². The van der Waals surface area contributed by atoms with E-state index in [0.29, 0.717) is 34.4 Å². The molecule has 482 valence electrons. The zero-order valence-electron chi connectivity index (χ0n) is 55.2. The minimum atomic E-state index is -0.823. The van der Waals surface area contributed by atoms with Crippen LogP contribution in [0.5, 0.6) is 5.75 Å². The maximum absolute atomic E-state index is 17.8. The van der Waals surface area contributed by atoms with Gasteiger partial charge in [0, 0.05) is 50.1 Å². The van der Waals surface area contributed by atoms with E-state index in [1.165, 1.54) is 243 Å². The monoisotopic (exact) mass is 1310 g/mol. The molecule has 2 unspecified atom stereocenters. The number of rotatable bonds is 45. The molecule has 6 aromatic heterocycles. The van der Waals surface area contributed by atoms with Crippen molar-refractivity contribution in [2.45, 2.75) is 287 Å². The molecule has 0 saturated heterocycles. The van der Waals surface area contributed by atoms with Crippen molar-refractivity contribution in [3.05, 3.63) is 74.5 Å². The molecule has 0 amide bonds. The molecule has 0 bridgehead atoms. The van der Waals surface area contributed by atoms with E-state index >= 15 is 8.78 Å². The highest BCUT2D eigenvalue weighted by atomic mass is 32.1. The van der Waals surface area contributed by atoms with Crippen LogP contribution in [0.15, 0.2) is 36.4 Å². The zero-order valence-corrected chi connectivity index (χ0v) is 60.1. The minimum absolute atomic E-state index is 0.240. The molecular formula is C75H106F2N4OS6. The maximum Gasteiger partial charge on any atom is 0.170 e. The third kappa shape index (κ3) is 19.6. The van der Waals surface area contributed by atoms with Gasteiger partial charge in [-0.05, 0) is 99.4 Å². The fraction of sp³-hybridized carbons (Fsp3) is 0.627. The smallest absolute Gasteiger partial charge is 0.170 e. The number of aryl methyl sites for hydroxylation is 2. The van der Waals surface area contributed by atoms with Crippen LogP contribution in [-0.4, -0.2) is 24.1 Å². The summed E-state index contributed by atoms with van der Waals surface area (Å²) < 4.78 is 62.0. The van der Waals surface area contributed by atoms with Crippen LogP contribution in [-0.2, 0) is 12.8 Å². The van der Waals surface area contributed by atoms with E-state index in [4.69, 9.17) is 22.2 Å². The second kappa shape index (κ2) is 37.9. The molecule has 0 aliphatic carbocycles. The van der Waals surface area contributed by atoms with Gasteiger partial charge in [-0.1, -0.05) is 247 Å². The van der Waals surface area contributed by atoms with Crippen molar-refractivity contribution in [3.63, 3.8) is 0 Å². The molecule has 2 atom stereocenters. The second-order valence-corrected chi connectivity index (χ2v) is 31.5. The molecule has 0 N–H and O–H groups in total. The van der Waals surface area contributed by atoms with Crippen molar-refractivity contribution in [1.29, 1.82) is 0 Å². The van der Waals surface area contributed by atoms with Crippen molar-refractivity contribution in [2.75, 3.05) is 6.61 Å². The van der Waals surface area contributed by atoms with Crippen LogP contribution in [0.25, 0.3) is 73.6 Å². The van der Waals surface area contributed by atoms with Gasteiger partial charge in [0.1, 0.15) is 27.8 Å². The largest absolute Gasteiger partial charge is 0.493 e. The van der Waals surface area contributed by atoms with Crippen molar-refractivity contribution >= 4 is 90.9 Å². The van der Waals surface area contributed by atoms with Crippen molar-refractivity contribution in [3.8, 4) is 57.3 Å². The number of thiophene rings is 4. The molecule has 0 radical (unpaired) electrons. The van der Waals surface area contributed by atoms with Gasteiger partial charge in [0.05, 0.1) is 46.8 Å². The van der Waals surface area contributed by atoms with E-state index in [-0.39, 0.29) is 11.1 Å². The molecule has 5 nitrogen and oxygen atoms in total. The van der Waals surface area contributed by atoms with E-state index in [2.05, 4.69) is 91.8 Å². The quantitative estimate of drug-likeness (QED) is 0.0356. The van der Waals surface area contributed by atoms with Gasteiger partial charge >= 0.3 is 0 Å². The summed E-state index contributed by atoms with van der Waals surface area (Å²) in [4.78, 5) is 8.40. The van der Waals surface area contributed by atoms with Crippen LogP contribution >= 0.6 is 68.8 Å². The average Bonchev–Trinajstić information content (AvgIpc) is 1.56. The van der Waals surface area contributed by atoms with E-state index in [0.717, 1.165) is 90.4 Å². The summed E-state index contributed by atoms with van der Waals surface area (Å²) in [5, 5.41) is 0. The second-order valence-electron chi connectivity index (χ2n) is 25.7. The van der Waals surface area contributed by atoms with E-state index < -0.39 is 11.6 Å². The van der Waals surface area contributed by atoms with Crippen LogP contribution in [0.3, 0.4) is 0 Å². The highest BCUT2D eigenvalue weighted by Crippen LogP contribution is 2.52. The molecule has 13 heteroatoms. The number of aromatic nitrogens is 4. The fourth-order valence-electron chi connectivity index (χ4n) is 13.3. The first kappa shape index (κ1) is 70.4. The van der Waals surface area contributed by atoms with Gasteiger partial charge in [-0.15, -0.1) is 45.3 Å². The Kier molecular flexibility index (Phi) is 30.3. The molecule has 0 fully saturated rings. The lowest BCUT2D eigenvalue weighted by Crippen LogP contribution is -2.06. The first-order valence-electron chi connectivity index (χ1n) is 35.0. The summed E-state index contributed by atoms with van der Waals surface area (Å²) >= 11 is 9.05. The van der Waals surface area contributed by atoms with Crippen LogP contribution in [0, 0.1) is 44.2 Å². The summed E-state index contributed by atoms with van der Waals surface area (Å²) in [6.07, 6.45) is 45.0. The Balaban J connectivity index is 1.15. The molecule has 88 heavy (non-hydrogen) atoms. The molecule has 6 heterocycles. The molecule has 0 saturated carbocycles. The van der Waals surface area contributed by atoms with E-state index in [1.54, 1.807) is 45.3 Å². The SMILES string of the molecule is CCCCCCCCCCC(CCCCCCCC)Cc1cc(-c2c(F)c(F)c(-c3cc(CC(CCCCCCCC)CCCCCCCCCC)c(-c4ccc(-c5c(OCCCC)c(C)c(-c6ccc(C)s6)c6nsnc56)s4)s3)c3nsnc23)sc1C. The topological polar surface area (TPSA) is 60.8 Å². The van der Waals surface area contributed by atoms with Gasteiger partial charge in [0.15, 0.2) is 11.6 Å². The Bertz CT molecular complexity index is 3300. The normalized spacial score (nSPS) is 12.7. The Hall–Kier alpha value is -3.46. The first-order valence-corrected chi connectivity index (χ1v) is 39.8. The lowest BCUT2D eigenvalue weighted by molar-refractivity contribution is 0.309. The summed E-state index contributed by atoms with van der Waals surface area (Å²) in [6, 6.07) is 13.3. The molecular weight excluding hydrogens is 1200 g/mol. The van der Waals surface area contributed by atoms with Gasteiger partial charge in [-0.3, -0.25) is 0 Å². The first-order chi connectivity index (χ1) is 43.1.